The van der Waals surface area contributed by atoms with Crippen LogP contribution in [0.1, 0.15) is 23.2 Å². The molecule has 1 saturated carbocycles. The van der Waals surface area contributed by atoms with Crippen LogP contribution in [0.2, 0.25) is 0 Å². The molecular formula is C18H16F3NO3S. The van der Waals surface area contributed by atoms with Gasteiger partial charge in [-0.15, -0.1) is 0 Å². The molecule has 2 aromatic rings. The van der Waals surface area contributed by atoms with Crippen LogP contribution in [0.5, 0.6) is 0 Å². The Morgan fingerprint density at radius 3 is 2.08 bits per heavy atom. The Hall–Kier alpha value is -2.35. The number of sulfonamides is 1. The molecular weight excluding hydrogens is 367 g/mol. The summed E-state index contributed by atoms with van der Waals surface area (Å²) in [6.45, 7) is 0.254. The molecule has 0 atom stereocenters. The maximum absolute atomic E-state index is 13.0. The number of anilines is 1. The van der Waals surface area contributed by atoms with Gasteiger partial charge in [-0.3, -0.25) is 9.10 Å². The molecule has 0 unspecified atom stereocenters. The first-order chi connectivity index (χ1) is 12.2. The van der Waals surface area contributed by atoms with E-state index in [4.69, 9.17) is 0 Å². The average Bonchev–Trinajstić information content (AvgIpc) is 3.43. The van der Waals surface area contributed by atoms with E-state index < -0.39 is 27.5 Å². The summed E-state index contributed by atoms with van der Waals surface area (Å²) in [7, 11) is -3.84. The zero-order chi connectivity index (χ0) is 18.9. The molecule has 8 heteroatoms. The van der Waals surface area contributed by atoms with Crippen molar-refractivity contribution in [1.29, 1.82) is 0 Å². The van der Waals surface area contributed by atoms with Crippen molar-refractivity contribution in [3.8, 4) is 0 Å². The quantitative estimate of drug-likeness (QED) is 0.708. The summed E-state index contributed by atoms with van der Waals surface area (Å²) in [6.07, 6.45) is -3.15. The van der Waals surface area contributed by atoms with Crippen molar-refractivity contribution in [2.45, 2.75) is 23.9 Å². The Labute approximate surface area is 149 Å². The highest BCUT2D eigenvalue weighted by molar-refractivity contribution is 7.92. The molecule has 1 fully saturated rings. The number of ketones is 1. The lowest BCUT2D eigenvalue weighted by Crippen LogP contribution is -2.33. The summed E-state index contributed by atoms with van der Waals surface area (Å²) in [6, 6.07) is 12.3. The van der Waals surface area contributed by atoms with Crippen molar-refractivity contribution >= 4 is 21.5 Å². The minimum atomic E-state index is -4.97. The largest absolute Gasteiger partial charge is 0.454 e. The number of hydrogen-bond acceptors (Lipinski definition) is 3. The fourth-order valence-corrected chi connectivity index (χ4v) is 4.10. The molecule has 0 amide bonds. The first-order valence-corrected chi connectivity index (χ1v) is 9.43. The number of hydrogen-bond donors (Lipinski definition) is 0. The minimum absolute atomic E-state index is 0.107. The van der Waals surface area contributed by atoms with Crippen molar-refractivity contribution < 1.29 is 26.4 Å². The summed E-state index contributed by atoms with van der Waals surface area (Å²) in [5, 5.41) is 0. The average molecular weight is 383 g/mol. The zero-order valence-electron chi connectivity index (χ0n) is 13.6. The van der Waals surface area contributed by atoms with Crippen molar-refractivity contribution in [3.05, 3.63) is 60.2 Å². The first kappa shape index (κ1) is 18.4. The van der Waals surface area contributed by atoms with Gasteiger partial charge in [0.2, 0.25) is 0 Å². The maximum Gasteiger partial charge on any atom is 0.454 e. The second kappa shape index (κ2) is 6.75. The smallest absolute Gasteiger partial charge is 0.284 e. The van der Waals surface area contributed by atoms with Crippen LogP contribution in [-0.4, -0.2) is 26.9 Å². The number of halogens is 3. The van der Waals surface area contributed by atoms with Gasteiger partial charge in [0.25, 0.3) is 15.8 Å². The Morgan fingerprint density at radius 1 is 1.00 bits per heavy atom. The van der Waals surface area contributed by atoms with Gasteiger partial charge in [0, 0.05) is 12.1 Å². The first-order valence-electron chi connectivity index (χ1n) is 7.99. The van der Waals surface area contributed by atoms with Gasteiger partial charge in [0.15, 0.2) is 0 Å². The number of carbonyl (C=O) groups is 1. The second-order valence-electron chi connectivity index (χ2n) is 6.17. The third kappa shape index (κ3) is 3.90. The third-order valence-electron chi connectivity index (χ3n) is 4.13. The number of Topliss-reactive ketones (excluding diaryl/α,β-unsaturated/α-hetero) is 1. The lowest BCUT2D eigenvalue weighted by atomic mass is 10.1. The molecule has 3 rings (SSSR count). The van der Waals surface area contributed by atoms with Gasteiger partial charge in [-0.2, -0.15) is 13.2 Å². The molecule has 4 nitrogen and oxygen atoms in total. The third-order valence-corrected chi connectivity index (χ3v) is 5.94. The van der Waals surface area contributed by atoms with Crippen LogP contribution in [0.15, 0.2) is 59.5 Å². The van der Waals surface area contributed by atoms with Crippen molar-refractivity contribution in [2.24, 2.45) is 5.92 Å². The topological polar surface area (TPSA) is 54.5 Å². The molecule has 0 aliphatic heterocycles. The SMILES string of the molecule is O=C(c1ccc(N(CC2CC2)S(=O)(=O)c2ccccc2)cc1)C(F)(F)F. The summed E-state index contributed by atoms with van der Waals surface area (Å²) in [5.74, 6) is -1.73. The molecule has 0 spiro atoms. The molecule has 2 aromatic carbocycles. The van der Waals surface area contributed by atoms with E-state index in [-0.39, 0.29) is 23.0 Å². The normalized spacial score (nSPS) is 14.9. The van der Waals surface area contributed by atoms with Crippen LogP contribution in [0.25, 0.3) is 0 Å². The van der Waals surface area contributed by atoms with E-state index in [0.29, 0.717) is 0 Å². The lowest BCUT2D eigenvalue weighted by Gasteiger charge is -2.24. The molecule has 1 aliphatic carbocycles. The fourth-order valence-electron chi connectivity index (χ4n) is 2.54. The second-order valence-corrected chi connectivity index (χ2v) is 8.03. The minimum Gasteiger partial charge on any atom is -0.284 e. The van der Waals surface area contributed by atoms with Gasteiger partial charge in [-0.1, -0.05) is 18.2 Å². The fraction of sp³-hybridized carbons (Fsp3) is 0.278. The summed E-state index contributed by atoms with van der Waals surface area (Å²) in [4.78, 5) is 11.4. The van der Waals surface area contributed by atoms with E-state index in [2.05, 4.69) is 0 Å². The highest BCUT2D eigenvalue weighted by atomic mass is 32.2. The molecule has 0 saturated heterocycles. The van der Waals surface area contributed by atoms with Gasteiger partial charge < -0.3 is 0 Å². The van der Waals surface area contributed by atoms with Crippen molar-refractivity contribution in [2.75, 3.05) is 10.8 Å². The van der Waals surface area contributed by atoms with Gasteiger partial charge in [-0.05, 0) is 55.2 Å². The molecule has 0 N–H and O–H groups in total. The molecule has 0 aromatic heterocycles. The molecule has 1 aliphatic rings. The van der Waals surface area contributed by atoms with Gasteiger partial charge in [0.05, 0.1) is 10.6 Å². The van der Waals surface area contributed by atoms with Crippen LogP contribution < -0.4 is 4.31 Å². The van der Waals surface area contributed by atoms with Crippen LogP contribution in [0, 0.1) is 5.92 Å². The summed E-state index contributed by atoms with van der Waals surface area (Å²) < 4.78 is 64.7. The number of benzene rings is 2. The predicted molar refractivity (Wildman–Crippen MR) is 90.5 cm³/mol. The van der Waals surface area contributed by atoms with E-state index >= 15 is 0 Å². The monoisotopic (exact) mass is 383 g/mol. The van der Waals surface area contributed by atoms with E-state index in [1.807, 2.05) is 0 Å². The molecule has 0 radical (unpaired) electrons. The zero-order valence-corrected chi connectivity index (χ0v) is 14.4. The number of nitrogens with zero attached hydrogens (tertiary/aromatic N) is 1. The molecule has 0 heterocycles. The lowest BCUT2D eigenvalue weighted by molar-refractivity contribution is -0.0885. The number of rotatable bonds is 6. The Balaban J connectivity index is 1.95. The van der Waals surface area contributed by atoms with Gasteiger partial charge >= 0.3 is 6.18 Å². The van der Waals surface area contributed by atoms with Crippen molar-refractivity contribution in [3.63, 3.8) is 0 Å². The highest BCUT2D eigenvalue weighted by Crippen LogP contribution is 2.34. The van der Waals surface area contributed by atoms with Crippen LogP contribution in [0.3, 0.4) is 0 Å². The molecule has 26 heavy (non-hydrogen) atoms. The number of alkyl halides is 3. The van der Waals surface area contributed by atoms with Crippen LogP contribution in [-0.2, 0) is 10.0 Å². The summed E-state index contributed by atoms with van der Waals surface area (Å²) >= 11 is 0. The Kier molecular flexibility index (Phi) is 4.79. The highest BCUT2D eigenvalue weighted by Gasteiger charge is 2.39. The van der Waals surface area contributed by atoms with Crippen LogP contribution >= 0.6 is 0 Å². The van der Waals surface area contributed by atoms with E-state index in [1.54, 1.807) is 18.2 Å². The number of carbonyl (C=O) groups excluding carboxylic acids is 1. The van der Waals surface area contributed by atoms with Crippen molar-refractivity contribution in [1.82, 2.24) is 0 Å². The molecule has 138 valence electrons. The van der Waals surface area contributed by atoms with E-state index in [9.17, 15) is 26.4 Å². The molecule has 0 bridgehead atoms. The Bertz CT molecular complexity index is 890. The van der Waals surface area contributed by atoms with Crippen LogP contribution in [0.4, 0.5) is 18.9 Å². The van der Waals surface area contributed by atoms with E-state index in [0.717, 1.165) is 25.0 Å². The van der Waals surface area contributed by atoms with E-state index in [1.165, 1.54) is 28.6 Å². The summed E-state index contributed by atoms with van der Waals surface area (Å²) in [5.41, 5.74) is -0.288. The predicted octanol–water partition coefficient (Wildman–Crippen LogP) is 4.04. The van der Waals surface area contributed by atoms with Gasteiger partial charge in [-0.25, -0.2) is 8.42 Å². The standard InChI is InChI=1S/C18H16F3NO3S/c19-18(20,21)17(23)14-8-10-15(11-9-14)22(12-13-6-7-13)26(24,25)16-4-2-1-3-5-16/h1-5,8-11,13H,6-7,12H2. The Morgan fingerprint density at radius 2 is 1.58 bits per heavy atom. The maximum atomic E-state index is 13.0. The van der Waals surface area contributed by atoms with Gasteiger partial charge in [0.1, 0.15) is 0 Å².